The van der Waals surface area contributed by atoms with Crippen LogP contribution < -0.4 is 16.0 Å². The van der Waals surface area contributed by atoms with Crippen LogP contribution in [0, 0.1) is 0 Å². The van der Waals surface area contributed by atoms with Gasteiger partial charge in [-0.2, -0.15) is 0 Å². The summed E-state index contributed by atoms with van der Waals surface area (Å²) in [5.74, 6) is 0.782. The normalized spacial score (nSPS) is 11.6. The molecule has 0 unspecified atom stereocenters. The fourth-order valence-corrected chi connectivity index (χ4v) is 3.76. The van der Waals surface area contributed by atoms with E-state index in [1.807, 2.05) is 17.5 Å². The Morgan fingerprint density at radius 1 is 1.08 bits per heavy atom. The molecule has 2 rings (SSSR count). The Labute approximate surface area is 180 Å². The van der Waals surface area contributed by atoms with Crippen molar-refractivity contribution in [2.75, 3.05) is 26.7 Å². The second kappa shape index (κ2) is 11.6. The Morgan fingerprint density at radius 2 is 1.77 bits per heavy atom. The zero-order valence-electron chi connectivity index (χ0n) is 15.4. The molecular formula is C18H27IN4OS2. The van der Waals surface area contributed by atoms with Crippen LogP contribution in [-0.4, -0.2) is 38.5 Å². The fraction of sp³-hybridized carbons (Fsp3) is 0.444. The van der Waals surface area contributed by atoms with E-state index in [-0.39, 0.29) is 35.3 Å². The van der Waals surface area contributed by atoms with Crippen LogP contribution in [0.2, 0.25) is 0 Å². The van der Waals surface area contributed by atoms with E-state index in [4.69, 9.17) is 0 Å². The van der Waals surface area contributed by atoms with E-state index in [2.05, 4.69) is 52.3 Å². The Bertz CT molecular complexity index is 669. The van der Waals surface area contributed by atoms with Crippen molar-refractivity contribution in [2.24, 2.45) is 4.99 Å². The minimum atomic E-state index is -0.00444. The van der Waals surface area contributed by atoms with Gasteiger partial charge in [-0.15, -0.1) is 46.7 Å². The van der Waals surface area contributed by atoms with Gasteiger partial charge in [0.15, 0.2) is 5.96 Å². The minimum absolute atomic E-state index is 0. The molecule has 5 nitrogen and oxygen atoms in total. The first-order valence-electron chi connectivity index (χ1n) is 8.33. The van der Waals surface area contributed by atoms with Crippen molar-refractivity contribution in [3.05, 3.63) is 44.8 Å². The summed E-state index contributed by atoms with van der Waals surface area (Å²) in [5, 5.41) is 13.6. The van der Waals surface area contributed by atoms with E-state index in [0.717, 1.165) is 30.3 Å². The van der Waals surface area contributed by atoms with E-state index in [9.17, 15) is 4.79 Å². The predicted octanol–water partition coefficient (Wildman–Crippen LogP) is 3.69. The summed E-state index contributed by atoms with van der Waals surface area (Å²) in [6.45, 7) is 6.64. The molecule has 2 heterocycles. The van der Waals surface area contributed by atoms with Crippen LogP contribution in [0.5, 0.6) is 0 Å². The largest absolute Gasteiger partial charge is 0.356 e. The van der Waals surface area contributed by atoms with Crippen LogP contribution >= 0.6 is 46.7 Å². The number of nitrogens with one attached hydrogen (secondary N) is 3. The van der Waals surface area contributed by atoms with Gasteiger partial charge in [0, 0.05) is 37.0 Å². The maximum Gasteiger partial charge on any atom is 0.261 e. The molecule has 0 aliphatic carbocycles. The second-order valence-corrected chi connectivity index (χ2v) is 8.20. The van der Waals surface area contributed by atoms with Crippen LogP contribution in [0.4, 0.5) is 0 Å². The summed E-state index contributed by atoms with van der Waals surface area (Å²) in [4.78, 5) is 18.2. The molecular weight excluding hydrogens is 479 g/mol. The van der Waals surface area contributed by atoms with Crippen LogP contribution in [-0.2, 0) is 5.41 Å². The van der Waals surface area contributed by atoms with Crippen LogP contribution in [0.1, 0.15) is 34.8 Å². The molecule has 1 amide bonds. The number of carbonyl (C=O) groups excluding carboxylic acids is 1. The van der Waals surface area contributed by atoms with Gasteiger partial charge in [-0.25, -0.2) is 0 Å². The quantitative estimate of drug-likeness (QED) is 0.222. The maximum atomic E-state index is 11.8. The molecule has 26 heavy (non-hydrogen) atoms. The maximum absolute atomic E-state index is 11.8. The fourth-order valence-electron chi connectivity index (χ4n) is 2.27. The number of nitrogens with zero attached hydrogens (tertiary/aromatic N) is 1. The van der Waals surface area contributed by atoms with E-state index >= 15 is 0 Å². The molecule has 8 heteroatoms. The summed E-state index contributed by atoms with van der Waals surface area (Å²) in [5.41, 5.74) is 0.0560. The number of carbonyl (C=O) groups is 1. The standard InChI is InChI=1S/C18H26N4OS2.HI/c1-18(2,15-8-5-12-25-15)13-22-17(19-3)21-10-6-9-20-16(23)14-7-4-11-24-14;/h4-5,7-8,11-12H,6,9-10,13H2,1-3H3,(H,20,23)(H2,19,21,22);1H. The smallest absolute Gasteiger partial charge is 0.261 e. The van der Waals surface area contributed by atoms with Crippen LogP contribution in [0.3, 0.4) is 0 Å². The molecule has 144 valence electrons. The lowest BCUT2D eigenvalue weighted by molar-refractivity contribution is 0.0957. The average molecular weight is 506 g/mol. The molecule has 0 fully saturated rings. The Morgan fingerprint density at radius 3 is 2.38 bits per heavy atom. The molecule has 0 spiro atoms. The first-order valence-corrected chi connectivity index (χ1v) is 10.1. The van der Waals surface area contributed by atoms with Crippen LogP contribution in [0.25, 0.3) is 0 Å². The second-order valence-electron chi connectivity index (χ2n) is 6.30. The van der Waals surface area contributed by atoms with Gasteiger partial charge in [0.2, 0.25) is 0 Å². The lowest BCUT2D eigenvalue weighted by Crippen LogP contribution is -2.43. The highest BCUT2D eigenvalue weighted by molar-refractivity contribution is 14.0. The monoisotopic (exact) mass is 506 g/mol. The van der Waals surface area contributed by atoms with Gasteiger partial charge in [-0.3, -0.25) is 9.79 Å². The SMILES string of the molecule is CN=C(NCCCNC(=O)c1cccs1)NCC(C)(C)c1cccs1.I. The third kappa shape index (κ3) is 7.24. The molecule has 3 N–H and O–H groups in total. The summed E-state index contributed by atoms with van der Waals surface area (Å²) in [7, 11) is 1.77. The number of halogens is 1. The molecule has 2 aromatic heterocycles. The third-order valence-electron chi connectivity index (χ3n) is 3.79. The molecule has 0 aliphatic heterocycles. The highest BCUT2D eigenvalue weighted by atomic mass is 127. The van der Waals surface area contributed by atoms with Gasteiger partial charge < -0.3 is 16.0 Å². The summed E-state index contributed by atoms with van der Waals surface area (Å²) in [6.07, 6.45) is 0.839. The van der Waals surface area contributed by atoms with Gasteiger partial charge in [0.25, 0.3) is 5.91 Å². The van der Waals surface area contributed by atoms with Crippen molar-refractivity contribution >= 4 is 58.5 Å². The number of hydrogen-bond acceptors (Lipinski definition) is 4. The van der Waals surface area contributed by atoms with E-state index in [1.54, 1.807) is 18.4 Å². The number of amides is 1. The molecule has 0 aromatic carbocycles. The molecule has 2 aromatic rings. The number of hydrogen-bond donors (Lipinski definition) is 3. The van der Waals surface area contributed by atoms with E-state index < -0.39 is 0 Å². The number of guanidine groups is 1. The molecule has 0 radical (unpaired) electrons. The highest BCUT2D eigenvalue weighted by Gasteiger charge is 2.21. The van der Waals surface area contributed by atoms with Crippen molar-refractivity contribution in [1.29, 1.82) is 0 Å². The van der Waals surface area contributed by atoms with Crippen molar-refractivity contribution in [2.45, 2.75) is 25.7 Å². The van der Waals surface area contributed by atoms with Crippen molar-refractivity contribution < 1.29 is 4.79 Å². The number of aliphatic imine (C=N–C) groups is 1. The van der Waals surface area contributed by atoms with E-state index in [0.29, 0.717) is 6.54 Å². The van der Waals surface area contributed by atoms with Crippen molar-refractivity contribution in [3.8, 4) is 0 Å². The van der Waals surface area contributed by atoms with Gasteiger partial charge in [-0.1, -0.05) is 26.0 Å². The topological polar surface area (TPSA) is 65.5 Å². The predicted molar refractivity (Wildman–Crippen MR) is 123 cm³/mol. The van der Waals surface area contributed by atoms with E-state index in [1.165, 1.54) is 16.2 Å². The Balaban J connectivity index is 0.00000338. The molecule has 0 bridgehead atoms. The average Bonchev–Trinajstić information content (AvgIpc) is 3.31. The third-order valence-corrected chi connectivity index (χ3v) is 5.89. The zero-order valence-corrected chi connectivity index (χ0v) is 19.3. The zero-order chi connectivity index (χ0) is 18.1. The number of rotatable bonds is 8. The lowest BCUT2D eigenvalue weighted by atomic mass is 9.91. The number of thiophene rings is 2. The first kappa shape index (κ1) is 22.9. The van der Waals surface area contributed by atoms with Gasteiger partial charge in [-0.05, 0) is 29.3 Å². The van der Waals surface area contributed by atoms with Gasteiger partial charge in [0.05, 0.1) is 4.88 Å². The summed E-state index contributed by atoms with van der Waals surface area (Å²) < 4.78 is 0. The van der Waals surface area contributed by atoms with Crippen molar-refractivity contribution in [1.82, 2.24) is 16.0 Å². The van der Waals surface area contributed by atoms with Gasteiger partial charge >= 0.3 is 0 Å². The molecule has 0 aliphatic rings. The minimum Gasteiger partial charge on any atom is -0.356 e. The summed E-state index contributed by atoms with van der Waals surface area (Å²) in [6, 6.07) is 7.96. The van der Waals surface area contributed by atoms with Gasteiger partial charge in [0.1, 0.15) is 0 Å². The summed E-state index contributed by atoms with van der Waals surface area (Å²) >= 11 is 3.23. The molecule has 0 saturated heterocycles. The van der Waals surface area contributed by atoms with Crippen molar-refractivity contribution in [3.63, 3.8) is 0 Å². The Kier molecular flexibility index (Phi) is 10.2. The Hall–Kier alpha value is -1.13. The lowest BCUT2D eigenvalue weighted by Gasteiger charge is -2.25. The first-order chi connectivity index (χ1) is 12.0. The molecule has 0 saturated carbocycles. The molecule has 0 atom stereocenters. The van der Waals surface area contributed by atoms with Crippen LogP contribution in [0.15, 0.2) is 40.0 Å². The highest BCUT2D eigenvalue weighted by Crippen LogP contribution is 2.26.